The van der Waals surface area contributed by atoms with E-state index in [9.17, 15) is 34.1 Å². The van der Waals surface area contributed by atoms with Crippen molar-refractivity contribution < 1.29 is 47.8 Å². The number of carboxylic acids is 1. The Kier molecular flexibility index (Phi) is 34.7. The van der Waals surface area contributed by atoms with E-state index in [4.69, 9.17) is 13.8 Å². The number of phosphoric acid groups is 1. The summed E-state index contributed by atoms with van der Waals surface area (Å²) in [6.45, 7) is 2.46. The van der Waals surface area contributed by atoms with Crippen molar-refractivity contribution in [2.24, 2.45) is 0 Å². The summed E-state index contributed by atoms with van der Waals surface area (Å²) in [4.78, 5) is 45.8. The van der Waals surface area contributed by atoms with E-state index in [2.05, 4.69) is 67.8 Å². The monoisotopic (exact) mass is 769 g/mol. The molecular weight excluding hydrogens is 697 g/mol. The molecule has 0 heterocycles. The average molecular weight is 770 g/mol. The fraction of sp³-hybridized carbons (Fsp3) is 0.732. The minimum atomic E-state index is -4.76. The third-order valence-corrected chi connectivity index (χ3v) is 9.27. The van der Waals surface area contributed by atoms with Crippen molar-refractivity contribution in [2.75, 3.05) is 19.8 Å². The van der Waals surface area contributed by atoms with Crippen LogP contribution in [0.15, 0.2) is 48.6 Å². The van der Waals surface area contributed by atoms with Gasteiger partial charge in [0.25, 0.3) is 0 Å². The number of hydrogen-bond donors (Lipinski definition) is 4. The number of aliphatic hydroxyl groups is 1. The summed E-state index contributed by atoms with van der Waals surface area (Å²) < 4.78 is 26.7. The molecule has 306 valence electrons. The number of carboxylic acid groups (broad SMARTS) is 1. The fourth-order valence-corrected chi connectivity index (χ4v) is 5.92. The molecule has 0 bridgehead atoms. The van der Waals surface area contributed by atoms with Crippen molar-refractivity contribution in [3.8, 4) is 0 Å². The first-order valence-corrected chi connectivity index (χ1v) is 21.7. The Bertz CT molecular complexity index is 1090. The topological polar surface area (TPSA) is 169 Å². The summed E-state index contributed by atoms with van der Waals surface area (Å²) in [5.74, 6) is -2.41. The second-order valence-corrected chi connectivity index (χ2v) is 14.9. The Balaban J connectivity index is 3.99. The van der Waals surface area contributed by atoms with Gasteiger partial charge in [-0.05, 0) is 70.6 Å². The summed E-state index contributed by atoms with van der Waals surface area (Å²) in [7, 11) is -4.76. The lowest BCUT2D eigenvalue weighted by Crippen LogP contribution is -2.43. The van der Waals surface area contributed by atoms with Crippen LogP contribution in [0.2, 0.25) is 0 Å². The zero-order valence-electron chi connectivity index (χ0n) is 32.8. The summed E-state index contributed by atoms with van der Waals surface area (Å²) in [5.41, 5.74) is 0. The maximum Gasteiger partial charge on any atom is 0.472 e. The van der Waals surface area contributed by atoms with E-state index in [1.807, 2.05) is 0 Å². The average Bonchev–Trinajstić information content (AvgIpc) is 3.13. The minimum absolute atomic E-state index is 0.127. The Morgan fingerprint density at radius 3 is 1.60 bits per heavy atom. The van der Waals surface area contributed by atoms with Crippen LogP contribution < -0.4 is 5.32 Å². The number of esters is 1. The summed E-state index contributed by atoms with van der Waals surface area (Å²) in [6, 6.07) is -1.56. The number of carbonyl (C=O) groups is 3. The second kappa shape index (κ2) is 36.4. The highest BCUT2D eigenvalue weighted by Gasteiger charge is 2.28. The molecule has 0 aliphatic carbocycles. The second-order valence-electron chi connectivity index (χ2n) is 13.5. The van der Waals surface area contributed by atoms with Crippen molar-refractivity contribution in [3.63, 3.8) is 0 Å². The van der Waals surface area contributed by atoms with Crippen LogP contribution >= 0.6 is 7.82 Å². The maximum atomic E-state index is 12.3. The van der Waals surface area contributed by atoms with Crippen LogP contribution in [0.4, 0.5) is 0 Å². The van der Waals surface area contributed by atoms with Gasteiger partial charge in [-0.3, -0.25) is 18.6 Å². The van der Waals surface area contributed by atoms with Crippen LogP contribution in [-0.4, -0.2) is 64.9 Å². The lowest BCUT2D eigenvalue weighted by Gasteiger charge is -2.18. The van der Waals surface area contributed by atoms with Crippen LogP contribution in [0, 0.1) is 0 Å². The van der Waals surface area contributed by atoms with Gasteiger partial charge in [0.15, 0.2) is 6.04 Å². The first-order chi connectivity index (χ1) is 25.6. The van der Waals surface area contributed by atoms with Gasteiger partial charge in [-0.2, -0.15) is 0 Å². The lowest BCUT2D eigenvalue weighted by atomic mass is 10.1. The third kappa shape index (κ3) is 36.2. The summed E-state index contributed by atoms with van der Waals surface area (Å²) >= 11 is 0. The van der Waals surface area contributed by atoms with Crippen LogP contribution in [0.5, 0.6) is 0 Å². The predicted octanol–water partition coefficient (Wildman–Crippen LogP) is 9.83. The molecule has 4 N–H and O–H groups in total. The molecule has 0 rings (SSSR count). The third-order valence-electron chi connectivity index (χ3n) is 8.32. The molecule has 1 amide bonds. The highest BCUT2D eigenvalue weighted by atomic mass is 31.2. The molecule has 3 atom stereocenters. The number of carbonyl (C=O) groups excluding carboxylic acids is 2. The van der Waals surface area contributed by atoms with Gasteiger partial charge in [0.2, 0.25) is 5.91 Å². The number of allylic oxidation sites excluding steroid dienone is 8. The minimum Gasteiger partial charge on any atom is -0.480 e. The van der Waals surface area contributed by atoms with Gasteiger partial charge in [0, 0.05) is 12.8 Å². The normalized spacial score (nSPS) is 14.3. The number of phosphoric ester groups is 1. The number of unbranched alkanes of at least 4 members (excludes halogenated alkanes) is 15. The van der Waals surface area contributed by atoms with Crippen LogP contribution in [0.25, 0.3) is 0 Å². The maximum absolute atomic E-state index is 12.3. The molecule has 0 aliphatic heterocycles. The van der Waals surface area contributed by atoms with Crippen LogP contribution in [0.1, 0.15) is 162 Å². The number of hydrogen-bond acceptors (Lipinski definition) is 8. The molecule has 0 aliphatic rings. The zero-order valence-corrected chi connectivity index (χ0v) is 33.7. The van der Waals surface area contributed by atoms with E-state index in [0.29, 0.717) is 12.8 Å². The van der Waals surface area contributed by atoms with Crippen molar-refractivity contribution in [3.05, 3.63) is 48.6 Å². The number of nitrogens with one attached hydrogen (secondary N) is 1. The zero-order chi connectivity index (χ0) is 39.3. The van der Waals surface area contributed by atoms with E-state index in [0.717, 1.165) is 89.9 Å². The number of ether oxygens (including phenoxy) is 1. The number of amides is 1. The summed E-state index contributed by atoms with van der Waals surface area (Å²) in [6.07, 6.45) is 38.5. The smallest absolute Gasteiger partial charge is 0.472 e. The molecule has 53 heavy (non-hydrogen) atoms. The Hall–Kier alpha value is -2.56. The highest BCUT2D eigenvalue weighted by molar-refractivity contribution is 7.47. The van der Waals surface area contributed by atoms with E-state index in [1.54, 1.807) is 0 Å². The van der Waals surface area contributed by atoms with Crippen LogP contribution in [0.3, 0.4) is 0 Å². The van der Waals surface area contributed by atoms with Gasteiger partial charge in [0.05, 0.1) is 13.2 Å². The van der Waals surface area contributed by atoms with E-state index in [-0.39, 0.29) is 12.8 Å². The number of rotatable bonds is 37. The highest BCUT2D eigenvalue weighted by Crippen LogP contribution is 2.43. The van der Waals surface area contributed by atoms with Crippen molar-refractivity contribution in [2.45, 2.75) is 174 Å². The molecule has 0 aromatic carbocycles. The first-order valence-electron chi connectivity index (χ1n) is 20.2. The van der Waals surface area contributed by atoms with Crippen molar-refractivity contribution in [1.29, 1.82) is 0 Å². The number of aliphatic carboxylic acids is 1. The van der Waals surface area contributed by atoms with Crippen molar-refractivity contribution in [1.82, 2.24) is 5.32 Å². The molecule has 11 nitrogen and oxygen atoms in total. The Morgan fingerprint density at radius 2 is 1.08 bits per heavy atom. The van der Waals surface area contributed by atoms with Gasteiger partial charge in [-0.15, -0.1) is 0 Å². The van der Waals surface area contributed by atoms with Gasteiger partial charge in [-0.1, -0.05) is 127 Å². The molecule has 0 saturated heterocycles. The molecular formula is C41H72NO10P. The van der Waals surface area contributed by atoms with Gasteiger partial charge in [0.1, 0.15) is 12.7 Å². The lowest BCUT2D eigenvalue weighted by molar-refractivity contribution is -0.147. The van der Waals surface area contributed by atoms with Gasteiger partial charge >= 0.3 is 19.8 Å². The molecule has 0 fully saturated rings. The molecule has 0 saturated carbocycles. The molecule has 0 aromatic rings. The largest absolute Gasteiger partial charge is 0.480 e. The molecule has 0 aromatic heterocycles. The van der Waals surface area contributed by atoms with Gasteiger partial charge < -0.3 is 25.2 Å². The fourth-order valence-electron chi connectivity index (χ4n) is 5.15. The first kappa shape index (κ1) is 50.4. The molecule has 12 heteroatoms. The molecule has 3 unspecified atom stereocenters. The standard InChI is InChI=1S/C41H72NO10P/c1-3-5-7-9-11-13-15-17-18-19-21-22-24-26-28-30-32-39(44)42-38(41(46)47)36-52-53(48,49)51-35-37(43)34-50-40(45)33-31-29-27-25-23-20-16-14-12-10-8-6-4-2/h8,10,13-16,18-19,37-38,43H,3-7,9,11-12,17,20-36H2,1-2H3,(H,42,44)(H,46,47)(H,48,49)/b10-8-,15-13-,16-14-,19-18-. The van der Waals surface area contributed by atoms with E-state index < -0.39 is 57.6 Å². The quantitative estimate of drug-likeness (QED) is 0.0207. The molecule has 0 radical (unpaired) electrons. The van der Waals surface area contributed by atoms with E-state index in [1.165, 1.54) is 32.1 Å². The van der Waals surface area contributed by atoms with Crippen molar-refractivity contribution >= 4 is 25.7 Å². The Morgan fingerprint density at radius 1 is 0.604 bits per heavy atom. The number of aliphatic hydroxyl groups excluding tert-OH is 1. The van der Waals surface area contributed by atoms with Crippen LogP contribution in [-0.2, 0) is 32.7 Å². The van der Waals surface area contributed by atoms with Gasteiger partial charge in [-0.25, -0.2) is 9.36 Å². The summed E-state index contributed by atoms with van der Waals surface area (Å²) in [5, 5.41) is 21.8. The SMILES string of the molecule is CCC/C=C\C/C=C\CCCCCCCC(=O)OCC(O)COP(=O)(O)OCC(NC(=O)CCCCCCC/C=C\C/C=C\CCCCCC)C(=O)O. The van der Waals surface area contributed by atoms with E-state index >= 15 is 0 Å². The predicted molar refractivity (Wildman–Crippen MR) is 212 cm³/mol. The Labute approximate surface area is 320 Å². The molecule has 0 spiro atoms.